The first-order chi connectivity index (χ1) is 11.9. The molecule has 2 rings (SSSR count). The zero-order valence-electron chi connectivity index (χ0n) is 14.3. The van der Waals surface area contributed by atoms with Crippen LogP contribution in [0.15, 0.2) is 36.4 Å². The smallest absolute Gasteiger partial charge is 0.336 e. The van der Waals surface area contributed by atoms with E-state index >= 15 is 0 Å². The molecule has 0 fully saturated rings. The molecule has 0 radical (unpaired) electrons. The van der Waals surface area contributed by atoms with Gasteiger partial charge in [0.2, 0.25) is 5.88 Å². The second kappa shape index (κ2) is 8.25. The molecule has 1 amide bonds. The maximum absolute atomic E-state index is 12.3. The number of benzene rings is 1. The molecule has 0 saturated carbocycles. The third-order valence-electron chi connectivity index (χ3n) is 3.64. The van der Waals surface area contributed by atoms with Crippen LogP contribution in [0.25, 0.3) is 0 Å². The van der Waals surface area contributed by atoms with Crippen molar-refractivity contribution in [1.82, 2.24) is 4.98 Å². The molecule has 0 bridgehead atoms. The number of carboxylic acids is 1. The van der Waals surface area contributed by atoms with Crippen LogP contribution in [0, 0.1) is 6.92 Å². The molecule has 132 valence electrons. The van der Waals surface area contributed by atoms with Gasteiger partial charge in [-0.1, -0.05) is 30.3 Å². The molecule has 25 heavy (non-hydrogen) atoms. The minimum atomic E-state index is -1.12. The topological polar surface area (TPSA) is 97.8 Å². The number of anilines is 1. The van der Waals surface area contributed by atoms with Gasteiger partial charge >= 0.3 is 5.97 Å². The van der Waals surface area contributed by atoms with Crippen LogP contribution < -0.4 is 10.1 Å². The van der Waals surface area contributed by atoms with Crippen molar-refractivity contribution in [2.75, 3.05) is 12.4 Å². The molecule has 1 atom stereocenters. The first-order valence-electron chi connectivity index (χ1n) is 7.67. The minimum absolute atomic E-state index is 0.0139. The quantitative estimate of drug-likeness (QED) is 0.801. The number of hydrogen-bond acceptors (Lipinski definition) is 5. The van der Waals surface area contributed by atoms with E-state index in [4.69, 9.17) is 9.47 Å². The lowest BCUT2D eigenvalue weighted by atomic mass is 10.1. The summed E-state index contributed by atoms with van der Waals surface area (Å²) in [5.41, 5.74) is 1.31. The van der Waals surface area contributed by atoms with E-state index in [2.05, 4.69) is 10.3 Å². The Kier molecular flexibility index (Phi) is 6.08. The molecule has 0 aliphatic rings. The van der Waals surface area contributed by atoms with Crippen molar-refractivity contribution in [2.45, 2.75) is 26.6 Å². The van der Waals surface area contributed by atoms with Crippen LogP contribution in [-0.2, 0) is 16.1 Å². The molecule has 0 aliphatic carbocycles. The molecule has 0 spiro atoms. The summed E-state index contributed by atoms with van der Waals surface area (Å²) in [5, 5.41) is 11.8. The summed E-state index contributed by atoms with van der Waals surface area (Å²) < 4.78 is 10.5. The third kappa shape index (κ3) is 4.77. The first-order valence-corrected chi connectivity index (χ1v) is 7.67. The molecule has 2 aromatic rings. The molecular formula is C18H20N2O5. The average Bonchev–Trinajstić information content (AvgIpc) is 2.61. The number of carbonyl (C=O) groups is 2. The highest BCUT2D eigenvalue weighted by Crippen LogP contribution is 2.22. The highest BCUT2D eigenvalue weighted by Gasteiger charge is 2.19. The monoisotopic (exact) mass is 344 g/mol. The summed E-state index contributed by atoms with van der Waals surface area (Å²) in [4.78, 5) is 27.7. The highest BCUT2D eigenvalue weighted by molar-refractivity contribution is 5.97. The predicted octanol–water partition coefficient (Wildman–Crippen LogP) is 2.64. The lowest BCUT2D eigenvalue weighted by Crippen LogP contribution is -2.28. The van der Waals surface area contributed by atoms with Gasteiger partial charge in [0.15, 0.2) is 0 Å². The molecular weight excluding hydrogens is 324 g/mol. The number of hydrogen-bond donors (Lipinski definition) is 2. The molecule has 1 aromatic heterocycles. The van der Waals surface area contributed by atoms with E-state index in [0.717, 1.165) is 5.56 Å². The number of ether oxygens (including phenoxy) is 2. The van der Waals surface area contributed by atoms with Crippen molar-refractivity contribution in [2.24, 2.45) is 0 Å². The number of aromatic nitrogens is 1. The minimum Gasteiger partial charge on any atom is -0.481 e. The number of carbonyl (C=O) groups excluding carboxylic acids is 1. The molecule has 2 N–H and O–H groups in total. The first kappa shape index (κ1) is 18.4. The van der Waals surface area contributed by atoms with Crippen LogP contribution in [0.2, 0.25) is 0 Å². The molecule has 7 heteroatoms. The Balaban J connectivity index is 2.08. The zero-order chi connectivity index (χ0) is 18.4. The lowest BCUT2D eigenvalue weighted by Gasteiger charge is -2.15. The number of amides is 1. The van der Waals surface area contributed by atoms with Gasteiger partial charge in [0.25, 0.3) is 5.91 Å². The Morgan fingerprint density at radius 1 is 1.28 bits per heavy atom. The van der Waals surface area contributed by atoms with Gasteiger partial charge in [0.05, 0.1) is 19.3 Å². The van der Waals surface area contributed by atoms with Gasteiger partial charge < -0.3 is 19.9 Å². The highest BCUT2D eigenvalue weighted by atomic mass is 16.5. The van der Waals surface area contributed by atoms with Crippen LogP contribution in [-0.4, -0.2) is 35.2 Å². The summed E-state index contributed by atoms with van der Waals surface area (Å²) in [6.07, 6.45) is -0.735. The largest absolute Gasteiger partial charge is 0.481 e. The Morgan fingerprint density at radius 2 is 1.96 bits per heavy atom. The maximum Gasteiger partial charge on any atom is 0.336 e. The Hall–Kier alpha value is -2.93. The van der Waals surface area contributed by atoms with Crippen molar-refractivity contribution < 1.29 is 24.2 Å². The van der Waals surface area contributed by atoms with Crippen molar-refractivity contribution >= 4 is 17.7 Å². The fourth-order valence-corrected chi connectivity index (χ4v) is 2.12. The van der Waals surface area contributed by atoms with Crippen molar-refractivity contribution in [3.05, 3.63) is 53.1 Å². The van der Waals surface area contributed by atoms with E-state index in [1.54, 1.807) is 13.8 Å². The van der Waals surface area contributed by atoms with E-state index in [-0.39, 0.29) is 17.3 Å². The van der Waals surface area contributed by atoms with Gasteiger partial charge in [-0.15, -0.1) is 0 Å². The molecule has 1 aromatic carbocycles. The summed E-state index contributed by atoms with van der Waals surface area (Å²) in [6.45, 7) is 3.48. The fraction of sp³-hybridized carbons (Fsp3) is 0.278. The van der Waals surface area contributed by atoms with Crippen LogP contribution in [0.5, 0.6) is 5.88 Å². The Labute approximate surface area is 145 Å². The Bertz CT molecular complexity index is 762. The van der Waals surface area contributed by atoms with Crippen LogP contribution >= 0.6 is 0 Å². The van der Waals surface area contributed by atoms with E-state index in [1.165, 1.54) is 13.2 Å². The molecule has 0 saturated heterocycles. The van der Waals surface area contributed by atoms with Crippen molar-refractivity contribution in [1.29, 1.82) is 0 Å². The number of rotatable bonds is 7. The van der Waals surface area contributed by atoms with E-state index in [1.807, 2.05) is 30.3 Å². The van der Waals surface area contributed by atoms with Crippen LogP contribution in [0.1, 0.15) is 28.4 Å². The average molecular weight is 344 g/mol. The van der Waals surface area contributed by atoms with Gasteiger partial charge in [0, 0.05) is 11.6 Å². The SMILES string of the molecule is COc1cc(C(=O)O)c(C)c(NC(=O)[C@@H](C)OCc2ccccc2)n1. The number of carboxylic acid groups (broad SMARTS) is 1. The fourth-order valence-electron chi connectivity index (χ4n) is 2.12. The van der Waals surface area contributed by atoms with Gasteiger partial charge in [-0.05, 0) is 19.4 Å². The van der Waals surface area contributed by atoms with Gasteiger partial charge in [0.1, 0.15) is 11.9 Å². The zero-order valence-corrected chi connectivity index (χ0v) is 14.3. The molecule has 0 unspecified atom stereocenters. The van der Waals surface area contributed by atoms with Crippen molar-refractivity contribution in [3.63, 3.8) is 0 Å². The summed E-state index contributed by atoms with van der Waals surface area (Å²) >= 11 is 0. The van der Waals surface area contributed by atoms with E-state index < -0.39 is 18.0 Å². The maximum atomic E-state index is 12.3. The summed E-state index contributed by atoms with van der Waals surface area (Å²) in [7, 11) is 1.38. The number of aromatic carboxylic acids is 1. The lowest BCUT2D eigenvalue weighted by molar-refractivity contribution is -0.127. The van der Waals surface area contributed by atoms with Crippen LogP contribution in [0.3, 0.4) is 0 Å². The van der Waals surface area contributed by atoms with Crippen LogP contribution in [0.4, 0.5) is 5.82 Å². The van der Waals surface area contributed by atoms with Gasteiger partial charge in [-0.2, -0.15) is 4.98 Å². The standard InChI is InChI=1S/C18H20N2O5/c1-11-14(18(22)23)9-15(24-3)19-16(11)20-17(21)12(2)25-10-13-7-5-4-6-8-13/h4-9,12H,10H2,1-3H3,(H,22,23)(H,19,20,21)/t12-/m1/s1. The second-order valence-corrected chi connectivity index (χ2v) is 5.42. The second-order valence-electron chi connectivity index (χ2n) is 5.42. The number of pyridine rings is 1. The van der Waals surface area contributed by atoms with Gasteiger partial charge in [-0.3, -0.25) is 4.79 Å². The Morgan fingerprint density at radius 3 is 2.56 bits per heavy atom. The third-order valence-corrected chi connectivity index (χ3v) is 3.64. The number of methoxy groups -OCH3 is 1. The number of nitrogens with zero attached hydrogens (tertiary/aromatic N) is 1. The van der Waals surface area contributed by atoms with Crippen molar-refractivity contribution in [3.8, 4) is 5.88 Å². The van der Waals surface area contributed by atoms with Gasteiger partial charge in [-0.25, -0.2) is 4.79 Å². The van der Waals surface area contributed by atoms with E-state index in [9.17, 15) is 14.7 Å². The summed E-state index contributed by atoms with van der Waals surface area (Å²) in [6, 6.07) is 10.8. The summed E-state index contributed by atoms with van der Waals surface area (Å²) in [5.74, 6) is -1.30. The predicted molar refractivity (Wildman–Crippen MR) is 91.8 cm³/mol. The van der Waals surface area contributed by atoms with E-state index in [0.29, 0.717) is 12.2 Å². The molecule has 0 aliphatic heterocycles. The molecule has 7 nitrogen and oxygen atoms in total. The molecule has 1 heterocycles. The normalized spacial score (nSPS) is 11.6. The number of nitrogens with one attached hydrogen (secondary N) is 1.